The van der Waals surface area contributed by atoms with Crippen LogP contribution in [0.5, 0.6) is 0 Å². The fourth-order valence-electron chi connectivity index (χ4n) is 3.19. The van der Waals surface area contributed by atoms with E-state index < -0.39 is 5.92 Å². The molecule has 5 nitrogen and oxygen atoms in total. The summed E-state index contributed by atoms with van der Waals surface area (Å²) in [5, 5.41) is 7.47. The number of ketones is 1. The van der Waals surface area contributed by atoms with E-state index >= 15 is 0 Å². The van der Waals surface area contributed by atoms with Crippen molar-refractivity contribution in [3.05, 3.63) is 45.6 Å². The first-order valence-corrected chi connectivity index (χ1v) is 9.23. The molecule has 1 aliphatic heterocycles. The fraction of sp³-hybridized carbons (Fsp3) is 0.421. The van der Waals surface area contributed by atoms with Crippen LogP contribution in [0.3, 0.4) is 0 Å². The lowest BCUT2D eigenvalue weighted by Gasteiger charge is -2.32. The molecule has 0 fully saturated rings. The van der Waals surface area contributed by atoms with Crippen LogP contribution in [0.2, 0.25) is 0 Å². The van der Waals surface area contributed by atoms with E-state index in [1.165, 1.54) is 0 Å². The van der Waals surface area contributed by atoms with Crippen LogP contribution in [0, 0.1) is 5.92 Å². The zero-order valence-electron chi connectivity index (χ0n) is 14.6. The third kappa shape index (κ3) is 3.84. The molecule has 0 spiro atoms. The number of hydrazone groups is 1. The van der Waals surface area contributed by atoms with Crippen molar-refractivity contribution in [3.63, 3.8) is 0 Å². The molecule has 1 unspecified atom stereocenters. The van der Waals surface area contributed by atoms with Gasteiger partial charge in [0.15, 0.2) is 5.78 Å². The Bertz CT molecular complexity index is 773. The minimum Gasteiger partial charge on any atom is -0.351 e. The lowest BCUT2D eigenvalue weighted by molar-refractivity contribution is -0.125. The van der Waals surface area contributed by atoms with Crippen molar-refractivity contribution in [2.75, 3.05) is 0 Å². The molecular formula is C19H22BrN3O2. The number of nitrogens with zero attached hydrogens (tertiary/aromatic N) is 1. The van der Waals surface area contributed by atoms with E-state index in [1.54, 1.807) is 0 Å². The third-order valence-electron chi connectivity index (χ3n) is 4.23. The summed E-state index contributed by atoms with van der Waals surface area (Å²) < 4.78 is 0.949. The Morgan fingerprint density at radius 3 is 2.56 bits per heavy atom. The molecule has 0 saturated heterocycles. The number of hydrogen-bond donors (Lipinski definition) is 2. The second-order valence-electron chi connectivity index (χ2n) is 7.46. The van der Waals surface area contributed by atoms with Crippen molar-refractivity contribution >= 4 is 33.3 Å². The zero-order chi connectivity index (χ0) is 18.2. The standard InChI is InChI=1S/C19H22BrN3O2/c1-19(2,3)21-18(25)16-15-13(5-4-6-14(15)24)22-23-17(16)11-7-9-12(20)10-8-11/h7-10,16,22H,4-6H2,1-3H3,(H,21,25). The van der Waals surface area contributed by atoms with Crippen LogP contribution in [-0.4, -0.2) is 22.9 Å². The van der Waals surface area contributed by atoms with E-state index in [0.717, 1.165) is 28.6 Å². The maximum absolute atomic E-state index is 13.0. The van der Waals surface area contributed by atoms with E-state index in [1.807, 2.05) is 45.0 Å². The molecule has 3 rings (SSSR count). The van der Waals surface area contributed by atoms with Crippen molar-refractivity contribution in [1.82, 2.24) is 10.7 Å². The van der Waals surface area contributed by atoms with Crippen LogP contribution in [0.15, 0.2) is 45.1 Å². The van der Waals surface area contributed by atoms with Crippen LogP contribution in [0.4, 0.5) is 0 Å². The molecule has 2 N–H and O–H groups in total. The zero-order valence-corrected chi connectivity index (χ0v) is 16.2. The largest absolute Gasteiger partial charge is 0.351 e. The van der Waals surface area contributed by atoms with Crippen molar-refractivity contribution in [2.24, 2.45) is 11.0 Å². The first-order valence-electron chi connectivity index (χ1n) is 8.44. The summed E-state index contributed by atoms with van der Waals surface area (Å²) in [5.74, 6) is -0.824. The molecule has 132 valence electrons. The van der Waals surface area contributed by atoms with Crippen LogP contribution >= 0.6 is 15.9 Å². The van der Waals surface area contributed by atoms with E-state index in [0.29, 0.717) is 17.7 Å². The highest BCUT2D eigenvalue weighted by atomic mass is 79.9. The van der Waals surface area contributed by atoms with E-state index in [2.05, 4.69) is 31.8 Å². The highest BCUT2D eigenvalue weighted by molar-refractivity contribution is 9.10. The van der Waals surface area contributed by atoms with Gasteiger partial charge in [0.2, 0.25) is 5.91 Å². The predicted octanol–water partition coefficient (Wildman–Crippen LogP) is 3.29. The smallest absolute Gasteiger partial charge is 0.234 e. The van der Waals surface area contributed by atoms with Gasteiger partial charge in [0, 0.05) is 27.7 Å². The number of Topliss-reactive ketones (excluding diaryl/α,β-unsaturated/α-hetero) is 1. The molecule has 0 saturated carbocycles. The molecule has 1 atom stereocenters. The quantitative estimate of drug-likeness (QED) is 0.795. The fourth-order valence-corrected chi connectivity index (χ4v) is 3.46. The second-order valence-corrected chi connectivity index (χ2v) is 8.37. The lowest BCUT2D eigenvalue weighted by atomic mass is 9.79. The lowest BCUT2D eigenvalue weighted by Crippen LogP contribution is -2.49. The molecule has 6 heteroatoms. The summed E-state index contributed by atoms with van der Waals surface area (Å²) in [5.41, 5.74) is 5.40. The molecule has 2 aliphatic rings. The molecule has 1 aromatic carbocycles. The number of carbonyl (C=O) groups is 2. The number of rotatable bonds is 2. The SMILES string of the molecule is CC(C)(C)NC(=O)C1C(c2ccc(Br)cc2)=NNC2=C1C(=O)CCC2. The van der Waals surface area contributed by atoms with Crippen LogP contribution in [0.1, 0.15) is 45.6 Å². The van der Waals surface area contributed by atoms with E-state index in [9.17, 15) is 9.59 Å². The molecule has 1 amide bonds. The Morgan fingerprint density at radius 2 is 1.92 bits per heavy atom. The van der Waals surface area contributed by atoms with Crippen molar-refractivity contribution in [2.45, 2.75) is 45.6 Å². The van der Waals surface area contributed by atoms with Crippen molar-refractivity contribution in [3.8, 4) is 0 Å². The molecule has 1 aromatic rings. The normalized spacial score (nSPS) is 20.6. The number of hydrogen-bond acceptors (Lipinski definition) is 4. The molecule has 1 heterocycles. The van der Waals surface area contributed by atoms with Crippen LogP contribution in [0.25, 0.3) is 0 Å². The Kier molecular flexibility index (Phi) is 4.82. The maximum atomic E-state index is 13.0. The van der Waals surface area contributed by atoms with Crippen molar-refractivity contribution in [1.29, 1.82) is 0 Å². The summed E-state index contributed by atoms with van der Waals surface area (Å²) in [7, 11) is 0. The highest BCUT2D eigenvalue weighted by Gasteiger charge is 2.40. The average molecular weight is 404 g/mol. The van der Waals surface area contributed by atoms with Gasteiger partial charge in [-0.3, -0.25) is 15.0 Å². The van der Waals surface area contributed by atoms with Crippen LogP contribution < -0.4 is 10.7 Å². The van der Waals surface area contributed by atoms with Gasteiger partial charge in [-0.25, -0.2) is 0 Å². The minimum absolute atomic E-state index is 0.0346. The van der Waals surface area contributed by atoms with Crippen molar-refractivity contribution < 1.29 is 9.59 Å². The highest BCUT2D eigenvalue weighted by Crippen LogP contribution is 2.32. The summed E-state index contributed by atoms with van der Waals surface area (Å²) in [6.45, 7) is 5.79. The van der Waals surface area contributed by atoms with Gasteiger partial charge in [-0.1, -0.05) is 28.1 Å². The van der Waals surface area contributed by atoms with Gasteiger partial charge < -0.3 is 5.32 Å². The molecule has 1 aliphatic carbocycles. The van der Waals surface area contributed by atoms with Gasteiger partial charge in [-0.05, 0) is 51.3 Å². The summed E-state index contributed by atoms with van der Waals surface area (Å²) >= 11 is 3.42. The Hall–Kier alpha value is -1.95. The number of halogens is 1. The third-order valence-corrected chi connectivity index (χ3v) is 4.76. The summed E-state index contributed by atoms with van der Waals surface area (Å²) in [4.78, 5) is 25.6. The Balaban J connectivity index is 2.05. The first kappa shape index (κ1) is 17.9. The monoisotopic (exact) mass is 403 g/mol. The predicted molar refractivity (Wildman–Crippen MR) is 101 cm³/mol. The number of carbonyl (C=O) groups excluding carboxylic acids is 2. The number of nitrogens with one attached hydrogen (secondary N) is 2. The molecular weight excluding hydrogens is 382 g/mol. The van der Waals surface area contributed by atoms with Gasteiger partial charge in [-0.2, -0.15) is 5.10 Å². The van der Waals surface area contributed by atoms with Gasteiger partial charge in [0.1, 0.15) is 5.92 Å². The van der Waals surface area contributed by atoms with E-state index in [-0.39, 0.29) is 17.2 Å². The van der Waals surface area contributed by atoms with Crippen LogP contribution in [-0.2, 0) is 9.59 Å². The summed E-state index contributed by atoms with van der Waals surface area (Å²) in [6, 6.07) is 7.62. The number of amides is 1. The molecule has 25 heavy (non-hydrogen) atoms. The maximum Gasteiger partial charge on any atom is 0.234 e. The topological polar surface area (TPSA) is 70.6 Å². The Morgan fingerprint density at radius 1 is 1.24 bits per heavy atom. The Labute approximate surface area is 156 Å². The van der Waals surface area contributed by atoms with Gasteiger partial charge in [0.25, 0.3) is 0 Å². The van der Waals surface area contributed by atoms with Gasteiger partial charge in [0.05, 0.1) is 5.71 Å². The first-order chi connectivity index (χ1) is 11.8. The summed E-state index contributed by atoms with van der Waals surface area (Å²) in [6.07, 6.45) is 2.02. The number of allylic oxidation sites excluding steroid dienone is 1. The molecule has 0 radical (unpaired) electrons. The molecule has 0 aromatic heterocycles. The minimum atomic E-state index is -0.676. The van der Waals surface area contributed by atoms with E-state index in [4.69, 9.17) is 0 Å². The average Bonchev–Trinajstić information content (AvgIpc) is 2.53. The van der Waals surface area contributed by atoms with Gasteiger partial charge in [-0.15, -0.1) is 0 Å². The number of benzene rings is 1. The molecule has 0 bridgehead atoms. The van der Waals surface area contributed by atoms with Gasteiger partial charge >= 0.3 is 0 Å². The second kappa shape index (κ2) is 6.75.